The predicted molar refractivity (Wildman–Crippen MR) is 139 cm³/mol. The Kier molecular flexibility index (Phi) is 8.44. The fourth-order valence-corrected chi connectivity index (χ4v) is 5.57. The molecule has 2 amide bonds. The van der Waals surface area contributed by atoms with Crippen molar-refractivity contribution in [3.05, 3.63) is 71.3 Å². The first kappa shape index (κ1) is 26.4. The molecule has 2 heterocycles. The molecular formula is C29H34F2N4O3. The molecule has 7 nitrogen and oxygen atoms in total. The summed E-state index contributed by atoms with van der Waals surface area (Å²) in [6.07, 6.45) is 4.02. The monoisotopic (exact) mass is 524 g/mol. The first-order chi connectivity index (χ1) is 18.5. The number of carbonyl (C=O) groups excluding carboxylic acids is 2. The van der Waals surface area contributed by atoms with Crippen molar-refractivity contribution in [3.8, 4) is 0 Å². The van der Waals surface area contributed by atoms with Gasteiger partial charge in [-0.1, -0.05) is 43.2 Å². The third kappa shape index (κ3) is 6.10. The van der Waals surface area contributed by atoms with Crippen LogP contribution in [0.25, 0.3) is 0 Å². The van der Waals surface area contributed by atoms with Crippen molar-refractivity contribution in [3.63, 3.8) is 0 Å². The second-order valence-electron chi connectivity index (χ2n) is 10.2. The summed E-state index contributed by atoms with van der Waals surface area (Å²) in [6, 6.07) is 11.6. The SMILES string of the molecule is O=C(C1CCCC1)N(CCN1CCOCC1)CC(=O)N1N=C(c2ccc(F)cc2)CC1c1ccccc1F. The van der Waals surface area contributed by atoms with Crippen LogP contribution >= 0.6 is 0 Å². The maximum Gasteiger partial charge on any atom is 0.262 e. The van der Waals surface area contributed by atoms with E-state index in [1.807, 2.05) is 0 Å². The lowest BCUT2D eigenvalue weighted by Gasteiger charge is -2.32. The number of amides is 2. The number of hydrogen-bond acceptors (Lipinski definition) is 5. The van der Waals surface area contributed by atoms with E-state index in [1.54, 1.807) is 35.2 Å². The van der Waals surface area contributed by atoms with Crippen LogP contribution in [-0.2, 0) is 14.3 Å². The Bertz CT molecular complexity index is 1160. The Morgan fingerprint density at radius 1 is 1.00 bits per heavy atom. The first-order valence-corrected chi connectivity index (χ1v) is 13.5. The molecule has 2 fully saturated rings. The largest absolute Gasteiger partial charge is 0.379 e. The van der Waals surface area contributed by atoms with E-state index < -0.39 is 11.9 Å². The molecule has 2 aliphatic heterocycles. The van der Waals surface area contributed by atoms with Gasteiger partial charge in [-0.2, -0.15) is 5.10 Å². The minimum atomic E-state index is -0.647. The fourth-order valence-electron chi connectivity index (χ4n) is 5.57. The predicted octanol–water partition coefficient (Wildman–Crippen LogP) is 3.99. The molecule has 1 saturated carbocycles. The highest BCUT2D eigenvalue weighted by molar-refractivity contribution is 6.03. The van der Waals surface area contributed by atoms with Crippen LogP contribution in [-0.4, -0.2) is 78.3 Å². The van der Waals surface area contributed by atoms with E-state index in [0.717, 1.165) is 38.8 Å². The Morgan fingerprint density at radius 3 is 2.42 bits per heavy atom. The Balaban J connectivity index is 1.38. The summed E-state index contributed by atoms with van der Waals surface area (Å²) < 4.78 is 33.8. The van der Waals surface area contributed by atoms with Crippen LogP contribution in [0.15, 0.2) is 53.6 Å². The number of carbonyl (C=O) groups is 2. The lowest BCUT2D eigenvalue weighted by atomic mass is 9.98. The smallest absolute Gasteiger partial charge is 0.262 e. The number of morpholine rings is 1. The zero-order valence-electron chi connectivity index (χ0n) is 21.5. The highest BCUT2D eigenvalue weighted by Gasteiger charge is 2.37. The molecule has 0 spiro atoms. The molecule has 0 radical (unpaired) electrons. The second-order valence-corrected chi connectivity index (χ2v) is 10.2. The molecule has 1 atom stereocenters. The van der Waals surface area contributed by atoms with Crippen LogP contribution < -0.4 is 0 Å². The molecule has 9 heteroatoms. The second kappa shape index (κ2) is 12.1. The van der Waals surface area contributed by atoms with Crippen molar-refractivity contribution >= 4 is 17.5 Å². The van der Waals surface area contributed by atoms with Crippen LogP contribution in [0.4, 0.5) is 8.78 Å². The van der Waals surface area contributed by atoms with Gasteiger partial charge in [0.05, 0.1) is 25.0 Å². The van der Waals surface area contributed by atoms with Crippen LogP contribution in [0.3, 0.4) is 0 Å². The number of hydrogen-bond donors (Lipinski definition) is 0. The number of halogens is 2. The normalized spacial score (nSPS) is 20.5. The van der Waals surface area contributed by atoms with Gasteiger partial charge in [-0.05, 0) is 36.6 Å². The van der Waals surface area contributed by atoms with Gasteiger partial charge in [0.1, 0.15) is 18.2 Å². The van der Waals surface area contributed by atoms with Crippen LogP contribution in [0, 0.1) is 17.6 Å². The summed E-state index contributed by atoms with van der Waals surface area (Å²) in [6.45, 7) is 3.90. The molecule has 1 saturated heterocycles. The molecule has 0 bridgehead atoms. The van der Waals surface area contributed by atoms with E-state index in [-0.39, 0.29) is 30.1 Å². The van der Waals surface area contributed by atoms with Gasteiger partial charge in [0, 0.05) is 44.1 Å². The number of rotatable bonds is 8. The molecule has 3 aliphatic rings. The van der Waals surface area contributed by atoms with Gasteiger partial charge in [0.25, 0.3) is 5.91 Å². The maximum absolute atomic E-state index is 14.9. The third-order valence-electron chi connectivity index (χ3n) is 7.74. The first-order valence-electron chi connectivity index (χ1n) is 13.5. The average Bonchev–Trinajstić information content (AvgIpc) is 3.63. The van der Waals surface area contributed by atoms with Crippen molar-refractivity contribution in [2.24, 2.45) is 11.0 Å². The van der Waals surface area contributed by atoms with Crippen molar-refractivity contribution < 1.29 is 23.1 Å². The van der Waals surface area contributed by atoms with E-state index in [4.69, 9.17) is 4.74 Å². The third-order valence-corrected chi connectivity index (χ3v) is 7.74. The molecular weight excluding hydrogens is 490 g/mol. The highest BCUT2D eigenvalue weighted by atomic mass is 19.1. The summed E-state index contributed by atoms with van der Waals surface area (Å²) in [7, 11) is 0. The van der Waals surface area contributed by atoms with Crippen LogP contribution in [0.5, 0.6) is 0 Å². The lowest BCUT2D eigenvalue weighted by Crippen LogP contribution is -2.48. The average molecular weight is 525 g/mol. The molecule has 202 valence electrons. The zero-order chi connectivity index (χ0) is 26.5. The number of nitrogens with zero attached hydrogens (tertiary/aromatic N) is 4. The lowest BCUT2D eigenvalue weighted by molar-refractivity contribution is -0.144. The van der Waals surface area contributed by atoms with Gasteiger partial charge < -0.3 is 9.64 Å². The molecule has 1 aliphatic carbocycles. The summed E-state index contributed by atoms with van der Waals surface area (Å²) >= 11 is 0. The molecule has 0 N–H and O–H groups in total. The Labute approximate surface area is 222 Å². The topological polar surface area (TPSA) is 65.5 Å². The molecule has 2 aromatic carbocycles. The van der Waals surface area contributed by atoms with Gasteiger partial charge in [-0.3, -0.25) is 14.5 Å². The maximum atomic E-state index is 14.9. The number of ether oxygens (including phenoxy) is 1. The summed E-state index contributed by atoms with van der Waals surface area (Å²) in [5.41, 5.74) is 1.62. The standard InChI is InChI=1S/C29H34F2N4O3/c30-23-11-9-21(10-12-23)26-19-27(24-7-3-4-8-25(24)31)35(32-26)28(36)20-34(29(37)22-5-1-2-6-22)14-13-33-15-17-38-18-16-33/h3-4,7-12,22,27H,1-2,5-6,13-20H2. The molecule has 2 aromatic rings. The Hall–Kier alpha value is -3.17. The van der Waals surface area contributed by atoms with Gasteiger partial charge in [-0.15, -0.1) is 0 Å². The van der Waals surface area contributed by atoms with Crippen LogP contribution in [0.2, 0.25) is 0 Å². The van der Waals surface area contributed by atoms with Gasteiger partial charge in [0.2, 0.25) is 5.91 Å². The molecule has 0 aromatic heterocycles. The summed E-state index contributed by atoms with van der Waals surface area (Å²) in [5.74, 6) is -1.20. The quantitative estimate of drug-likeness (QED) is 0.524. The van der Waals surface area contributed by atoms with E-state index in [2.05, 4.69) is 10.0 Å². The summed E-state index contributed by atoms with van der Waals surface area (Å²) in [4.78, 5) is 31.1. The minimum Gasteiger partial charge on any atom is -0.379 e. The molecule has 38 heavy (non-hydrogen) atoms. The van der Waals surface area contributed by atoms with E-state index in [1.165, 1.54) is 23.2 Å². The van der Waals surface area contributed by atoms with Gasteiger partial charge in [0.15, 0.2) is 0 Å². The number of benzene rings is 2. The van der Waals surface area contributed by atoms with Crippen LogP contribution in [0.1, 0.15) is 49.3 Å². The van der Waals surface area contributed by atoms with E-state index in [0.29, 0.717) is 49.6 Å². The van der Waals surface area contributed by atoms with Crippen molar-refractivity contribution in [1.29, 1.82) is 0 Å². The van der Waals surface area contributed by atoms with Gasteiger partial charge >= 0.3 is 0 Å². The van der Waals surface area contributed by atoms with E-state index >= 15 is 0 Å². The zero-order valence-corrected chi connectivity index (χ0v) is 21.5. The molecule has 1 unspecified atom stereocenters. The summed E-state index contributed by atoms with van der Waals surface area (Å²) in [5, 5.41) is 5.91. The minimum absolute atomic E-state index is 0.00786. The van der Waals surface area contributed by atoms with Crippen molar-refractivity contribution in [2.75, 3.05) is 45.9 Å². The molecule has 5 rings (SSSR count). The number of hydrazone groups is 1. The van der Waals surface area contributed by atoms with Crippen molar-refractivity contribution in [2.45, 2.75) is 38.1 Å². The van der Waals surface area contributed by atoms with Crippen molar-refractivity contribution in [1.82, 2.24) is 14.8 Å². The highest BCUT2D eigenvalue weighted by Crippen LogP contribution is 2.34. The Morgan fingerprint density at radius 2 is 1.71 bits per heavy atom. The fraction of sp³-hybridized carbons (Fsp3) is 0.483. The van der Waals surface area contributed by atoms with Gasteiger partial charge in [-0.25, -0.2) is 13.8 Å². The van der Waals surface area contributed by atoms with E-state index in [9.17, 15) is 18.4 Å².